The van der Waals surface area contributed by atoms with Crippen molar-refractivity contribution < 1.29 is 9.53 Å². The predicted molar refractivity (Wildman–Crippen MR) is 80.6 cm³/mol. The lowest BCUT2D eigenvalue weighted by molar-refractivity contribution is -0.138. The van der Waals surface area contributed by atoms with Gasteiger partial charge in [0, 0.05) is 6.54 Å². The lowest BCUT2D eigenvalue weighted by Crippen LogP contribution is -2.39. The van der Waals surface area contributed by atoms with Crippen LogP contribution in [0.3, 0.4) is 0 Å². The second-order valence-electron chi connectivity index (χ2n) is 5.08. The Morgan fingerprint density at radius 3 is 2.58 bits per heavy atom. The molecule has 1 unspecified atom stereocenters. The Kier molecular flexibility index (Phi) is 11.3. The number of carbonyl (C=O) groups is 1. The number of ether oxygens (including phenoxy) is 1. The minimum absolute atomic E-state index is 0. The summed E-state index contributed by atoms with van der Waals surface area (Å²) in [6.45, 7) is 3.40. The van der Waals surface area contributed by atoms with E-state index >= 15 is 0 Å². The summed E-state index contributed by atoms with van der Waals surface area (Å²) in [4.78, 5) is 11.9. The standard InChI is InChI=1S/C14H28N2O2.ClH/c1-2-13(14(17)16-11-7-6-10-15)18-12-8-4-3-5-9-12;/h12-13H,2-11,15H2,1H3,(H,16,17);1H. The average Bonchev–Trinajstić information content (AvgIpc) is 2.42. The first-order chi connectivity index (χ1) is 8.77. The van der Waals surface area contributed by atoms with Gasteiger partial charge in [0.25, 0.3) is 0 Å². The van der Waals surface area contributed by atoms with Crippen molar-refractivity contribution in [3.63, 3.8) is 0 Å². The number of rotatable bonds is 8. The average molecular weight is 293 g/mol. The summed E-state index contributed by atoms with van der Waals surface area (Å²) in [5.41, 5.74) is 5.42. The summed E-state index contributed by atoms with van der Waals surface area (Å²) >= 11 is 0. The lowest BCUT2D eigenvalue weighted by atomic mass is 9.97. The van der Waals surface area contributed by atoms with Crippen LogP contribution < -0.4 is 11.1 Å². The van der Waals surface area contributed by atoms with E-state index in [4.69, 9.17) is 10.5 Å². The van der Waals surface area contributed by atoms with E-state index in [9.17, 15) is 4.79 Å². The van der Waals surface area contributed by atoms with Crippen molar-refractivity contribution in [1.82, 2.24) is 5.32 Å². The summed E-state index contributed by atoms with van der Waals surface area (Å²) in [6.07, 6.45) is 8.67. The summed E-state index contributed by atoms with van der Waals surface area (Å²) in [7, 11) is 0. The van der Waals surface area contributed by atoms with Gasteiger partial charge in [0.2, 0.25) is 5.91 Å². The van der Waals surface area contributed by atoms with E-state index in [1.807, 2.05) is 6.92 Å². The van der Waals surface area contributed by atoms with Crippen molar-refractivity contribution in [2.45, 2.75) is 70.5 Å². The van der Waals surface area contributed by atoms with Crippen LogP contribution in [-0.2, 0) is 9.53 Å². The van der Waals surface area contributed by atoms with Crippen LogP contribution >= 0.6 is 12.4 Å². The molecule has 1 atom stereocenters. The van der Waals surface area contributed by atoms with Crippen LogP contribution in [0.2, 0.25) is 0 Å². The Labute approximate surface area is 123 Å². The zero-order valence-electron chi connectivity index (χ0n) is 12.0. The van der Waals surface area contributed by atoms with Crippen molar-refractivity contribution in [2.75, 3.05) is 13.1 Å². The van der Waals surface area contributed by atoms with Crippen molar-refractivity contribution in [1.29, 1.82) is 0 Å². The molecule has 0 radical (unpaired) electrons. The van der Waals surface area contributed by atoms with Gasteiger partial charge in [-0.3, -0.25) is 4.79 Å². The van der Waals surface area contributed by atoms with Gasteiger partial charge in [0.1, 0.15) is 6.10 Å². The fraction of sp³-hybridized carbons (Fsp3) is 0.929. The van der Waals surface area contributed by atoms with E-state index in [1.165, 1.54) is 19.3 Å². The molecule has 0 saturated heterocycles. The quantitative estimate of drug-likeness (QED) is 0.675. The topological polar surface area (TPSA) is 64.3 Å². The minimum atomic E-state index is -0.272. The van der Waals surface area contributed by atoms with Crippen LogP contribution in [0, 0.1) is 0 Å². The third-order valence-electron chi connectivity index (χ3n) is 3.50. The zero-order chi connectivity index (χ0) is 13.2. The van der Waals surface area contributed by atoms with Crippen molar-refractivity contribution in [3.05, 3.63) is 0 Å². The number of nitrogens with two attached hydrogens (primary N) is 1. The molecule has 0 aromatic rings. The molecule has 114 valence electrons. The molecule has 0 aromatic heterocycles. The molecule has 19 heavy (non-hydrogen) atoms. The molecule has 1 aliphatic carbocycles. The molecule has 1 rings (SSSR count). The van der Waals surface area contributed by atoms with E-state index in [-0.39, 0.29) is 24.4 Å². The van der Waals surface area contributed by atoms with Gasteiger partial charge in [0.05, 0.1) is 6.10 Å². The third-order valence-corrected chi connectivity index (χ3v) is 3.50. The van der Waals surface area contributed by atoms with E-state index < -0.39 is 0 Å². The fourth-order valence-corrected chi connectivity index (χ4v) is 2.37. The highest BCUT2D eigenvalue weighted by Gasteiger charge is 2.22. The molecule has 0 spiro atoms. The highest BCUT2D eigenvalue weighted by Crippen LogP contribution is 2.22. The predicted octanol–water partition coefficient (Wildman–Crippen LogP) is 2.39. The first-order valence-corrected chi connectivity index (χ1v) is 7.41. The lowest BCUT2D eigenvalue weighted by Gasteiger charge is -2.26. The molecule has 3 N–H and O–H groups in total. The number of unbranched alkanes of at least 4 members (excludes halogenated alkanes) is 1. The van der Waals surface area contributed by atoms with Crippen molar-refractivity contribution >= 4 is 18.3 Å². The van der Waals surface area contributed by atoms with E-state index in [2.05, 4.69) is 5.32 Å². The maximum Gasteiger partial charge on any atom is 0.249 e. The number of carbonyl (C=O) groups excluding carboxylic acids is 1. The van der Waals surface area contributed by atoms with Crippen LogP contribution in [-0.4, -0.2) is 31.2 Å². The number of nitrogens with one attached hydrogen (secondary N) is 1. The monoisotopic (exact) mass is 292 g/mol. The van der Waals surface area contributed by atoms with Crippen LogP contribution in [0.4, 0.5) is 0 Å². The third kappa shape index (κ3) is 7.75. The van der Waals surface area contributed by atoms with Gasteiger partial charge in [-0.25, -0.2) is 0 Å². The van der Waals surface area contributed by atoms with Crippen LogP contribution in [0.5, 0.6) is 0 Å². The van der Waals surface area contributed by atoms with Gasteiger partial charge in [-0.1, -0.05) is 26.2 Å². The fourth-order valence-electron chi connectivity index (χ4n) is 2.37. The maximum atomic E-state index is 11.9. The Morgan fingerprint density at radius 1 is 1.32 bits per heavy atom. The Morgan fingerprint density at radius 2 is 2.00 bits per heavy atom. The maximum absolute atomic E-state index is 11.9. The first kappa shape index (κ1) is 18.7. The molecule has 1 aliphatic rings. The van der Waals surface area contributed by atoms with Crippen molar-refractivity contribution in [3.8, 4) is 0 Å². The molecule has 0 bridgehead atoms. The minimum Gasteiger partial charge on any atom is -0.365 e. The van der Waals surface area contributed by atoms with E-state index in [0.29, 0.717) is 19.2 Å². The van der Waals surface area contributed by atoms with Gasteiger partial charge >= 0.3 is 0 Å². The smallest absolute Gasteiger partial charge is 0.249 e. The Bertz CT molecular complexity index is 233. The molecule has 4 nitrogen and oxygen atoms in total. The summed E-state index contributed by atoms with van der Waals surface area (Å²) in [5, 5.41) is 2.94. The Hall–Kier alpha value is -0.320. The molecule has 0 aliphatic heterocycles. The normalized spacial score (nSPS) is 17.6. The highest BCUT2D eigenvalue weighted by atomic mass is 35.5. The summed E-state index contributed by atoms with van der Waals surface area (Å²) in [5.74, 6) is 0.0418. The summed E-state index contributed by atoms with van der Waals surface area (Å²) < 4.78 is 5.92. The molecule has 0 aromatic carbocycles. The van der Waals surface area contributed by atoms with Crippen LogP contribution in [0.1, 0.15) is 58.3 Å². The van der Waals surface area contributed by atoms with Gasteiger partial charge in [0.15, 0.2) is 0 Å². The zero-order valence-corrected chi connectivity index (χ0v) is 12.8. The molecular formula is C14H29ClN2O2. The van der Waals surface area contributed by atoms with E-state index in [0.717, 1.165) is 32.1 Å². The SMILES string of the molecule is CCC(OC1CCCCC1)C(=O)NCCCCN.Cl. The molecule has 1 fully saturated rings. The highest BCUT2D eigenvalue weighted by molar-refractivity contribution is 5.85. The van der Waals surface area contributed by atoms with Crippen LogP contribution in [0.15, 0.2) is 0 Å². The largest absolute Gasteiger partial charge is 0.365 e. The molecule has 1 saturated carbocycles. The number of hydrogen-bond donors (Lipinski definition) is 2. The van der Waals surface area contributed by atoms with Gasteiger partial charge in [-0.05, 0) is 38.6 Å². The second-order valence-corrected chi connectivity index (χ2v) is 5.08. The molecule has 5 heteroatoms. The molecule has 0 heterocycles. The first-order valence-electron chi connectivity index (χ1n) is 7.41. The van der Waals surface area contributed by atoms with Gasteiger partial charge in [-0.15, -0.1) is 12.4 Å². The van der Waals surface area contributed by atoms with E-state index in [1.54, 1.807) is 0 Å². The van der Waals surface area contributed by atoms with Gasteiger partial charge in [-0.2, -0.15) is 0 Å². The number of amides is 1. The molecular weight excluding hydrogens is 264 g/mol. The van der Waals surface area contributed by atoms with Gasteiger partial charge < -0.3 is 15.8 Å². The number of halogens is 1. The Balaban J connectivity index is 0.00000324. The van der Waals surface area contributed by atoms with Crippen molar-refractivity contribution in [2.24, 2.45) is 5.73 Å². The molecule has 1 amide bonds. The summed E-state index contributed by atoms with van der Waals surface area (Å²) in [6, 6.07) is 0. The van der Waals surface area contributed by atoms with Crippen LogP contribution in [0.25, 0.3) is 0 Å². The number of hydrogen-bond acceptors (Lipinski definition) is 3. The second kappa shape index (κ2) is 11.5.